The van der Waals surface area contributed by atoms with Gasteiger partial charge in [0.2, 0.25) is 0 Å². The lowest BCUT2D eigenvalue weighted by atomic mass is 9.77. The molecule has 22 heavy (non-hydrogen) atoms. The molecule has 1 fully saturated rings. The highest BCUT2D eigenvalue weighted by Gasteiger charge is 2.54. The van der Waals surface area contributed by atoms with Crippen molar-refractivity contribution in [2.24, 2.45) is 11.1 Å². The summed E-state index contributed by atoms with van der Waals surface area (Å²) in [6.45, 7) is 0. The number of piperidine rings is 1. The molecule has 8 heteroatoms. The molecule has 2 unspecified atom stereocenters. The molecular formula is C14H14N4O4. The van der Waals surface area contributed by atoms with E-state index in [1.54, 1.807) is 11.9 Å². The number of fused-ring (bicyclic) bond motifs is 2. The molecule has 0 spiro atoms. The Kier molecular flexibility index (Phi) is 3.09. The van der Waals surface area contributed by atoms with E-state index in [4.69, 9.17) is 5.21 Å². The van der Waals surface area contributed by atoms with Crippen molar-refractivity contribution in [2.45, 2.75) is 12.1 Å². The molecule has 2 bridgehead atoms. The Morgan fingerprint density at radius 1 is 1.45 bits per heavy atom. The third-order valence-corrected chi connectivity index (χ3v) is 4.24. The third-order valence-electron chi connectivity index (χ3n) is 4.24. The Morgan fingerprint density at radius 3 is 2.73 bits per heavy atom. The van der Waals surface area contributed by atoms with E-state index < -0.39 is 22.4 Å². The van der Waals surface area contributed by atoms with Gasteiger partial charge in [0.05, 0.1) is 11.1 Å². The van der Waals surface area contributed by atoms with Gasteiger partial charge < -0.3 is 15.4 Å². The lowest BCUT2D eigenvalue weighted by molar-refractivity contribution is -0.435. The molecule has 0 aromatic heterocycles. The van der Waals surface area contributed by atoms with E-state index in [1.165, 1.54) is 6.20 Å². The van der Waals surface area contributed by atoms with Crippen LogP contribution < -0.4 is 5.32 Å². The van der Waals surface area contributed by atoms with Crippen LogP contribution in [0.5, 0.6) is 0 Å². The number of oxime groups is 1. The maximum Gasteiger partial charge on any atom is 0.272 e. The number of carbonyl (C=O) groups excluding carboxylic acids is 1. The quantitative estimate of drug-likeness (QED) is 0.479. The van der Waals surface area contributed by atoms with Gasteiger partial charge in [-0.3, -0.25) is 14.9 Å². The van der Waals surface area contributed by atoms with Crippen molar-refractivity contribution in [2.75, 3.05) is 7.05 Å². The molecule has 2 N–H and O–H groups in total. The second kappa shape index (κ2) is 4.83. The van der Waals surface area contributed by atoms with Crippen LogP contribution in [0.1, 0.15) is 12.0 Å². The van der Waals surface area contributed by atoms with E-state index >= 15 is 0 Å². The number of carbonyl (C=O) groups is 1. The summed E-state index contributed by atoms with van der Waals surface area (Å²) in [6.07, 6.45) is 1.61. The number of allylic oxidation sites excluding steroid dienone is 1. The van der Waals surface area contributed by atoms with Gasteiger partial charge in [-0.2, -0.15) is 0 Å². The van der Waals surface area contributed by atoms with Crippen LogP contribution in [0.3, 0.4) is 0 Å². The summed E-state index contributed by atoms with van der Waals surface area (Å²) < 4.78 is 0. The zero-order chi connectivity index (χ0) is 15.9. The number of nitrogens with zero attached hydrogens (tertiary/aromatic N) is 3. The van der Waals surface area contributed by atoms with Crippen LogP contribution in [0.2, 0.25) is 0 Å². The fraction of sp³-hybridized carbons (Fsp3) is 0.286. The summed E-state index contributed by atoms with van der Waals surface area (Å²) in [5.74, 6) is -1.47. The van der Waals surface area contributed by atoms with Gasteiger partial charge in [0.15, 0.2) is 5.71 Å². The molecule has 1 amide bonds. The van der Waals surface area contributed by atoms with Gasteiger partial charge in [0, 0.05) is 13.5 Å². The van der Waals surface area contributed by atoms with Gasteiger partial charge in [-0.05, 0) is 5.56 Å². The predicted molar refractivity (Wildman–Crippen MR) is 76.4 cm³/mol. The van der Waals surface area contributed by atoms with Crippen molar-refractivity contribution in [1.29, 1.82) is 0 Å². The average molecular weight is 302 g/mol. The minimum Gasteiger partial charge on any atom is -0.410 e. The van der Waals surface area contributed by atoms with E-state index in [-0.39, 0.29) is 17.8 Å². The topological polar surface area (TPSA) is 108 Å². The molecule has 2 aliphatic rings. The van der Waals surface area contributed by atoms with Crippen LogP contribution in [-0.4, -0.2) is 33.7 Å². The average Bonchev–Trinajstić information content (AvgIpc) is 2.51. The maximum atomic E-state index is 12.3. The van der Waals surface area contributed by atoms with E-state index in [0.717, 1.165) is 5.56 Å². The van der Waals surface area contributed by atoms with Gasteiger partial charge in [-0.15, -0.1) is 0 Å². The Hall–Kier alpha value is -2.90. The number of hydrogen-bond donors (Lipinski definition) is 2. The lowest BCUT2D eigenvalue weighted by Gasteiger charge is -2.49. The number of amides is 1. The molecule has 1 aromatic carbocycles. The van der Waals surface area contributed by atoms with Crippen molar-refractivity contribution in [3.8, 4) is 0 Å². The molecule has 0 saturated carbocycles. The molecule has 1 aromatic rings. The number of rotatable bonds is 2. The Bertz CT molecular complexity index is 700. The normalized spacial score (nSPS) is 29.0. The fourth-order valence-corrected chi connectivity index (χ4v) is 3.13. The Labute approximate surface area is 125 Å². The van der Waals surface area contributed by atoms with Gasteiger partial charge in [-0.1, -0.05) is 35.5 Å². The van der Waals surface area contributed by atoms with Gasteiger partial charge in [0.25, 0.3) is 11.6 Å². The summed E-state index contributed by atoms with van der Waals surface area (Å²) in [4.78, 5) is 24.6. The summed E-state index contributed by atoms with van der Waals surface area (Å²) in [6, 6.07) is 9.22. The van der Waals surface area contributed by atoms with Crippen LogP contribution in [-0.2, 0) is 10.5 Å². The van der Waals surface area contributed by atoms with Crippen LogP contribution in [0, 0.1) is 16.0 Å². The number of nitrogens with one attached hydrogen (secondary N) is 1. The van der Waals surface area contributed by atoms with E-state index in [9.17, 15) is 14.9 Å². The van der Waals surface area contributed by atoms with E-state index in [2.05, 4.69) is 10.5 Å². The van der Waals surface area contributed by atoms with Crippen molar-refractivity contribution >= 4 is 11.6 Å². The summed E-state index contributed by atoms with van der Waals surface area (Å²) in [7, 11) is 1.67. The van der Waals surface area contributed by atoms with E-state index in [1.807, 2.05) is 30.3 Å². The van der Waals surface area contributed by atoms with E-state index in [0.29, 0.717) is 0 Å². The highest BCUT2D eigenvalue weighted by atomic mass is 16.6. The zero-order valence-corrected chi connectivity index (χ0v) is 11.8. The minimum atomic E-state index is -0.892. The first-order valence-corrected chi connectivity index (χ1v) is 6.68. The fourth-order valence-electron chi connectivity index (χ4n) is 3.13. The summed E-state index contributed by atoms with van der Waals surface area (Å²) in [5.41, 5.74) is -0.470. The van der Waals surface area contributed by atoms with Crippen LogP contribution in [0.4, 0.5) is 0 Å². The van der Waals surface area contributed by atoms with Crippen molar-refractivity contribution in [3.05, 3.63) is 57.9 Å². The molecule has 2 aliphatic heterocycles. The van der Waals surface area contributed by atoms with Gasteiger partial charge >= 0.3 is 0 Å². The van der Waals surface area contributed by atoms with Crippen LogP contribution in [0.15, 0.2) is 47.4 Å². The summed E-state index contributed by atoms with van der Waals surface area (Å²) in [5, 5.41) is 26.1. The molecule has 0 radical (unpaired) electrons. The van der Waals surface area contributed by atoms with Crippen molar-refractivity contribution in [1.82, 2.24) is 10.2 Å². The Morgan fingerprint density at radius 2 is 2.14 bits per heavy atom. The first-order valence-electron chi connectivity index (χ1n) is 6.68. The highest BCUT2D eigenvalue weighted by molar-refractivity contribution is 6.40. The SMILES string of the molecule is CN1C=C([N+](=O)[O-])C2CC1(c1ccccc1)NC(=O)/C2=N\O. The first-order chi connectivity index (χ1) is 10.5. The Balaban J connectivity index is 2.19. The van der Waals surface area contributed by atoms with Crippen molar-refractivity contribution < 1.29 is 14.9 Å². The standard InChI is InChI=1S/C14H14N4O4/c1-17-8-11(18(21)22)10-7-14(17,9-5-3-2-4-6-9)15-13(19)12(10)16-20/h2-6,8,10,20H,7H2,1H3,(H,15,19)/b16-12-. The first kappa shape index (κ1) is 14.1. The summed E-state index contributed by atoms with van der Waals surface area (Å²) >= 11 is 0. The molecule has 0 aliphatic carbocycles. The smallest absolute Gasteiger partial charge is 0.272 e. The molecule has 2 heterocycles. The third kappa shape index (κ3) is 1.84. The van der Waals surface area contributed by atoms with Crippen LogP contribution >= 0.6 is 0 Å². The van der Waals surface area contributed by atoms with Crippen LogP contribution in [0.25, 0.3) is 0 Å². The second-order valence-corrected chi connectivity index (χ2v) is 5.34. The molecular weight excluding hydrogens is 288 g/mol. The largest absolute Gasteiger partial charge is 0.410 e. The molecule has 8 nitrogen and oxygen atoms in total. The van der Waals surface area contributed by atoms with Crippen molar-refractivity contribution in [3.63, 3.8) is 0 Å². The second-order valence-electron chi connectivity index (χ2n) is 5.34. The lowest BCUT2D eigenvalue weighted by Crippen LogP contribution is -2.65. The molecule has 2 atom stereocenters. The monoisotopic (exact) mass is 302 g/mol. The van der Waals surface area contributed by atoms with Gasteiger partial charge in [-0.25, -0.2) is 0 Å². The van der Waals surface area contributed by atoms with Gasteiger partial charge in [0.1, 0.15) is 11.6 Å². The zero-order valence-electron chi connectivity index (χ0n) is 11.8. The minimum absolute atomic E-state index is 0.156. The maximum absolute atomic E-state index is 12.3. The molecule has 1 saturated heterocycles. The predicted octanol–water partition coefficient (Wildman–Crippen LogP) is 0.869. The number of benzene rings is 1. The number of nitro groups is 1. The molecule has 114 valence electrons. The molecule has 3 rings (SSSR count). The number of hydrogen-bond acceptors (Lipinski definition) is 6. The highest BCUT2D eigenvalue weighted by Crippen LogP contribution is 2.42.